The lowest BCUT2D eigenvalue weighted by molar-refractivity contribution is -0.130. The number of urea groups is 1. The summed E-state index contributed by atoms with van der Waals surface area (Å²) < 4.78 is 5.38. The van der Waals surface area contributed by atoms with Gasteiger partial charge in [-0.1, -0.05) is 0 Å². The Kier molecular flexibility index (Phi) is 4.41. The van der Waals surface area contributed by atoms with E-state index in [2.05, 4.69) is 15.1 Å². The van der Waals surface area contributed by atoms with Gasteiger partial charge in [-0.3, -0.25) is 19.5 Å². The highest BCUT2D eigenvalue weighted by Gasteiger charge is 2.43. The van der Waals surface area contributed by atoms with Crippen molar-refractivity contribution in [3.63, 3.8) is 0 Å². The maximum absolute atomic E-state index is 12.1. The predicted octanol–water partition coefficient (Wildman–Crippen LogP) is 0.728. The minimum absolute atomic E-state index is 0.140. The summed E-state index contributed by atoms with van der Waals surface area (Å²) in [5.41, 5.74) is -0.779. The van der Waals surface area contributed by atoms with Crippen LogP contribution in [0.25, 0.3) is 0 Å². The number of carbonyl (C=O) groups is 2. The number of piperazine rings is 1. The van der Waals surface area contributed by atoms with Crippen LogP contribution in [-0.2, 0) is 11.3 Å². The average Bonchev–Trinajstić information content (AvgIpc) is 3.07. The molecule has 126 valence electrons. The average molecular weight is 320 g/mol. The monoisotopic (exact) mass is 320 g/mol. The molecule has 2 saturated heterocycles. The number of furan rings is 1. The van der Waals surface area contributed by atoms with Crippen molar-refractivity contribution in [2.24, 2.45) is 0 Å². The molecule has 23 heavy (non-hydrogen) atoms. The van der Waals surface area contributed by atoms with Crippen LogP contribution < -0.4 is 5.32 Å². The molecular weight excluding hydrogens is 296 g/mol. The molecule has 1 N–H and O–H groups in total. The van der Waals surface area contributed by atoms with Gasteiger partial charge in [0.1, 0.15) is 11.3 Å². The fraction of sp³-hybridized carbons (Fsp3) is 0.625. The summed E-state index contributed by atoms with van der Waals surface area (Å²) in [6.07, 6.45) is 1.70. The zero-order chi connectivity index (χ0) is 16.4. The van der Waals surface area contributed by atoms with Gasteiger partial charge in [-0.25, -0.2) is 4.79 Å². The van der Waals surface area contributed by atoms with Gasteiger partial charge < -0.3 is 9.73 Å². The van der Waals surface area contributed by atoms with Crippen LogP contribution in [0.5, 0.6) is 0 Å². The first-order valence-electron chi connectivity index (χ1n) is 8.07. The van der Waals surface area contributed by atoms with E-state index in [1.54, 1.807) is 20.1 Å². The summed E-state index contributed by atoms with van der Waals surface area (Å²) in [7, 11) is 0. The van der Waals surface area contributed by atoms with Crippen LogP contribution in [0.1, 0.15) is 19.6 Å². The number of nitrogens with one attached hydrogen (secondary N) is 1. The van der Waals surface area contributed by atoms with Gasteiger partial charge in [0.05, 0.1) is 12.8 Å². The minimum atomic E-state index is -0.779. The van der Waals surface area contributed by atoms with Crippen molar-refractivity contribution in [3.8, 4) is 0 Å². The van der Waals surface area contributed by atoms with Crippen LogP contribution in [0.15, 0.2) is 22.8 Å². The first kappa shape index (κ1) is 16.0. The molecule has 2 aliphatic heterocycles. The minimum Gasteiger partial charge on any atom is -0.468 e. The zero-order valence-electron chi connectivity index (χ0n) is 13.7. The van der Waals surface area contributed by atoms with Gasteiger partial charge in [0.2, 0.25) is 0 Å². The zero-order valence-corrected chi connectivity index (χ0v) is 13.7. The van der Waals surface area contributed by atoms with Crippen LogP contribution in [0, 0.1) is 0 Å². The van der Waals surface area contributed by atoms with E-state index in [1.807, 2.05) is 12.1 Å². The quantitative estimate of drug-likeness (QED) is 0.810. The molecule has 0 radical (unpaired) electrons. The molecule has 3 heterocycles. The van der Waals surface area contributed by atoms with Crippen molar-refractivity contribution in [2.45, 2.75) is 25.9 Å². The number of imide groups is 1. The van der Waals surface area contributed by atoms with E-state index in [0.717, 1.165) is 45.0 Å². The third kappa shape index (κ3) is 3.56. The molecule has 7 heteroatoms. The van der Waals surface area contributed by atoms with E-state index in [1.165, 1.54) is 4.90 Å². The molecule has 0 aliphatic carbocycles. The summed E-state index contributed by atoms with van der Waals surface area (Å²) in [5, 5.41) is 2.71. The number of hydrogen-bond donors (Lipinski definition) is 1. The highest BCUT2D eigenvalue weighted by atomic mass is 16.3. The van der Waals surface area contributed by atoms with E-state index in [0.29, 0.717) is 6.54 Å². The smallest absolute Gasteiger partial charge is 0.325 e. The van der Waals surface area contributed by atoms with Crippen LogP contribution in [-0.4, -0.2) is 71.4 Å². The molecule has 0 aromatic carbocycles. The Labute approximate surface area is 136 Å². The van der Waals surface area contributed by atoms with E-state index >= 15 is 0 Å². The van der Waals surface area contributed by atoms with E-state index in [-0.39, 0.29) is 11.9 Å². The van der Waals surface area contributed by atoms with Gasteiger partial charge in [-0.15, -0.1) is 0 Å². The van der Waals surface area contributed by atoms with E-state index in [9.17, 15) is 9.59 Å². The number of rotatable bonds is 5. The normalized spacial score (nSPS) is 22.6. The largest absolute Gasteiger partial charge is 0.468 e. The molecule has 2 fully saturated rings. The Morgan fingerprint density at radius 3 is 2.39 bits per heavy atom. The number of amides is 3. The van der Waals surface area contributed by atoms with Gasteiger partial charge in [0.15, 0.2) is 0 Å². The third-order valence-electron chi connectivity index (χ3n) is 4.51. The van der Waals surface area contributed by atoms with Crippen molar-refractivity contribution in [1.29, 1.82) is 0 Å². The van der Waals surface area contributed by atoms with Crippen molar-refractivity contribution in [2.75, 3.05) is 39.3 Å². The highest BCUT2D eigenvalue weighted by Crippen LogP contribution is 2.16. The summed E-state index contributed by atoms with van der Waals surface area (Å²) >= 11 is 0. The molecule has 0 bridgehead atoms. The Morgan fingerprint density at radius 1 is 1.13 bits per heavy atom. The molecule has 1 aromatic heterocycles. The molecular formula is C16H24N4O3. The third-order valence-corrected chi connectivity index (χ3v) is 4.51. The van der Waals surface area contributed by atoms with Gasteiger partial charge in [0.25, 0.3) is 5.91 Å². The molecule has 0 spiro atoms. The Hall–Kier alpha value is -1.86. The molecule has 1 aromatic rings. The predicted molar refractivity (Wildman–Crippen MR) is 84.7 cm³/mol. The molecule has 0 saturated carbocycles. The fourth-order valence-corrected chi connectivity index (χ4v) is 3.06. The second kappa shape index (κ2) is 6.33. The molecule has 3 rings (SSSR count). The Bertz CT molecular complexity index is 562. The number of carbonyl (C=O) groups excluding carboxylic acids is 2. The lowest BCUT2D eigenvalue weighted by Gasteiger charge is -2.34. The van der Waals surface area contributed by atoms with Gasteiger partial charge in [0, 0.05) is 39.3 Å². The molecule has 0 unspecified atom stereocenters. The standard InChI is InChI=1S/C16H24N4O3/c1-16(2)14(21)20(15(22)17-16)10-9-18-5-7-19(8-6-18)12-13-4-3-11-23-13/h3-4,11H,5-10,12H2,1-2H3,(H,17,22). The summed E-state index contributed by atoms with van der Waals surface area (Å²) in [6, 6.07) is 3.62. The molecule has 2 aliphatic rings. The second-order valence-electron chi connectivity index (χ2n) is 6.71. The topological polar surface area (TPSA) is 69.0 Å². The maximum Gasteiger partial charge on any atom is 0.325 e. The number of nitrogens with zero attached hydrogens (tertiary/aromatic N) is 3. The summed E-state index contributed by atoms with van der Waals surface area (Å²) in [4.78, 5) is 30.0. The summed E-state index contributed by atoms with van der Waals surface area (Å²) in [6.45, 7) is 9.29. The lowest BCUT2D eigenvalue weighted by atomic mass is 10.1. The van der Waals surface area contributed by atoms with Gasteiger partial charge in [-0.05, 0) is 26.0 Å². The van der Waals surface area contributed by atoms with Gasteiger partial charge >= 0.3 is 6.03 Å². The van der Waals surface area contributed by atoms with Crippen LogP contribution in [0.3, 0.4) is 0 Å². The van der Waals surface area contributed by atoms with Crippen LogP contribution in [0.2, 0.25) is 0 Å². The molecule has 7 nitrogen and oxygen atoms in total. The highest BCUT2D eigenvalue weighted by molar-refractivity contribution is 6.06. The van der Waals surface area contributed by atoms with Gasteiger partial charge in [-0.2, -0.15) is 0 Å². The van der Waals surface area contributed by atoms with Crippen LogP contribution >= 0.6 is 0 Å². The maximum atomic E-state index is 12.1. The molecule has 0 atom stereocenters. The summed E-state index contributed by atoms with van der Waals surface area (Å²) in [5.74, 6) is 0.846. The van der Waals surface area contributed by atoms with Crippen molar-refractivity contribution in [3.05, 3.63) is 24.2 Å². The van der Waals surface area contributed by atoms with Crippen LogP contribution in [0.4, 0.5) is 4.79 Å². The second-order valence-corrected chi connectivity index (χ2v) is 6.71. The SMILES string of the molecule is CC1(C)NC(=O)N(CCN2CCN(Cc3ccco3)CC2)C1=O. The van der Waals surface area contributed by atoms with E-state index in [4.69, 9.17) is 4.42 Å². The lowest BCUT2D eigenvalue weighted by Crippen LogP contribution is -2.48. The van der Waals surface area contributed by atoms with Crippen molar-refractivity contribution >= 4 is 11.9 Å². The first-order chi connectivity index (χ1) is 11.0. The Morgan fingerprint density at radius 2 is 1.83 bits per heavy atom. The number of hydrogen-bond acceptors (Lipinski definition) is 5. The molecule has 3 amide bonds. The first-order valence-corrected chi connectivity index (χ1v) is 8.07. The van der Waals surface area contributed by atoms with Crippen molar-refractivity contribution in [1.82, 2.24) is 20.0 Å². The Balaban J connectivity index is 1.43. The van der Waals surface area contributed by atoms with Crippen molar-refractivity contribution < 1.29 is 14.0 Å². The van der Waals surface area contributed by atoms with E-state index < -0.39 is 5.54 Å². The fourth-order valence-electron chi connectivity index (χ4n) is 3.06.